The molecule has 1 N–H and O–H groups in total. The Hall–Kier alpha value is -2.73. The highest BCUT2D eigenvalue weighted by Crippen LogP contribution is 2.29. The fourth-order valence-corrected chi connectivity index (χ4v) is 3.49. The summed E-state index contributed by atoms with van der Waals surface area (Å²) in [6, 6.07) is 11.7. The molecule has 0 saturated carbocycles. The summed E-state index contributed by atoms with van der Waals surface area (Å²) in [4.78, 5) is 30.2. The molecule has 4 rings (SSSR count). The molecule has 0 aliphatic carbocycles. The van der Waals surface area contributed by atoms with Crippen molar-refractivity contribution in [2.75, 3.05) is 0 Å². The summed E-state index contributed by atoms with van der Waals surface area (Å²) in [5, 5.41) is 10.1. The zero-order chi connectivity index (χ0) is 15.3. The van der Waals surface area contributed by atoms with Crippen LogP contribution in [0, 0.1) is 0 Å². The van der Waals surface area contributed by atoms with Gasteiger partial charge in [0.1, 0.15) is 10.8 Å². The Morgan fingerprint density at radius 3 is 2.41 bits per heavy atom. The molecule has 0 bridgehead atoms. The zero-order valence-corrected chi connectivity index (χ0v) is 12.1. The standard InChI is InChI=1S/C16H10N2O3S/c19-9-5-6-13-12(7-9)17-14(22-13)8-18-15(20)10-3-1-2-4-11(10)16(18)21/h1-7,19H,8H2. The number of aromatic hydroxyl groups is 1. The Morgan fingerprint density at radius 2 is 1.73 bits per heavy atom. The number of phenols is 1. The fourth-order valence-electron chi connectivity index (χ4n) is 2.55. The molecular formula is C16H10N2O3S. The fraction of sp³-hybridized carbons (Fsp3) is 0.0625. The maximum Gasteiger partial charge on any atom is 0.261 e. The maximum atomic E-state index is 12.3. The minimum atomic E-state index is -0.289. The smallest absolute Gasteiger partial charge is 0.261 e. The molecule has 0 fully saturated rings. The lowest BCUT2D eigenvalue weighted by Crippen LogP contribution is -2.28. The molecule has 5 nitrogen and oxygen atoms in total. The van der Waals surface area contributed by atoms with E-state index in [1.165, 1.54) is 16.2 Å². The molecule has 2 aromatic carbocycles. The van der Waals surface area contributed by atoms with Gasteiger partial charge in [-0.25, -0.2) is 4.98 Å². The molecule has 2 amide bonds. The third-order valence-electron chi connectivity index (χ3n) is 3.59. The van der Waals surface area contributed by atoms with Gasteiger partial charge in [-0.1, -0.05) is 12.1 Å². The number of benzene rings is 2. The lowest BCUT2D eigenvalue weighted by molar-refractivity contribution is 0.0642. The number of fused-ring (bicyclic) bond motifs is 2. The predicted octanol–water partition coefficient (Wildman–Crippen LogP) is 2.80. The first kappa shape index (κ1) is 13.0. The second kappa shape index (κ2) is 4.64. The van der Waals surface area contributed by atoms with Crippen molar-refractivity contribution in [1.82, 2.24) is 9.88 Å². The number of hydrogen-bond donors (Lipinski definition) is 1. The van der Waals surface area contributed by atoms with E-state index in [1.807, 2.05) is 0 Å². The van der Waals surface area contributed by atoms with Crippen LogP contribution in [0.25, 0.3) is 10.2 Å². The summed E-state index contributed by atoms with van der Waals surface area (Å²) < 4.78 is 0.907. The minimum absolute atomic E-state index is 0.144. The van der Waals surface area contributed by atoms with E-state index in [4.69, 9.17) is 0 Å². The molecule has 0 atom stereocenters. The third kappa shape index (κ3) is 1.88. The first-order chi connectivity index (χ1) is 10.6. The molecule has 0 radical (unpaired) electrons. The Bertz CT molecular complexity index is 897. The van der Waals surface area contributed by atoms with Crippen LogP contribution in [-0.4, -0.2) is 26.8 Å². The van der Waals surface area contributed by atoms with Crippen molar-refractivity contribution in [3.63, 3.8) is 0 Å². The van der Waals surface area contributed by atoms with Crippen molar-refractivity contribution in [3.8, 4) is 5.75 Å². The number of thiazole rings is 1. The van der Waals surface area contributed by atoms with Crippen molar-refractivity contribution < 1.29 is 14.7 Å². The normalized spacial score (nSPS) is 13.9. The Labute approximate surface area is 129 Å². The minimum Gasteiger partial charge on any atom is -0.508 e. The largest absolute Gasteiger partial charge is 0.508 e. The van der Waals surface area contributed by atoms with Gasteiger partial charge in [-0.15, -0.1) is 11.3 Å². The van der Waals surface area contributed by atoms with Gasteiger partial charge in [-0.05, 0) is 24.3 Å². The number of imide groups is 1. The Morgan fingerprint density at radius 1 is 1.05 bits per heavy atom. The second-order valence-electron chi connectivity index (χ2n) is 5.00. The SMILES string of the molecule is O=C1c2ccccc2C(=O)N1Cc1nc2cc(O)ccc2s1. The number of phenolic OH excluding ortho intramolecular Hbond substituents is 1. The summed E-state index contributed by atoms with van der Waals surface area (Å²) in [7, 11) is 0. The topological polar surface area (TPSA) is 70.5 Å². The van der Waals surface area contributed by atoms with Gasteiger partial charge in [0.25, 0.3) is 11.8 Å². The first-order valence-corrected chi connectivity index (χ1v) is 7.49. The Kier molecular flexibility index (Phi) is 2.74. The van der Waals surface area contributed by atoms with Crippen LogP contribution in [0.15, 0.2) is 42.5 Å². The maximum absolute atomic E-state index is 12.3. The van der Waals surface area contributed by atoms with Gasteiger partial charge in [-0.3, -0.25) is 14.5 Å². The summed E-state index contributed by atoms with van der Waals surface area (Å²) in [5.41, 5.74) is 1.54. The van der Waals surface area contributed by atoms with Gasteiger partial charge in [0.15, 0.2) is 0 Å². The molecule has 108 valence electrons. The molecule has 1 aromatic heterocycles. The van der Waals surface area contributed by atoms with Crippen molar-refractivity contribution in [2.24, 2.45) is 0 Å². The van der Waals surface area contributed by atoms with Crippen LogP contribution in [0.5, 0.6) is 5.75 Å². The molecule has 1 aliphatic rings. The van der Waals surface area contributed by atoms with Gasteiger partial charge in [-0.2, -0.15) is 0 Å². The van der Waals surface area contributed by atoms with Crippen LogP contribution in [0.1, 0.15) is 25.7 Å². The van der Waals surface area contributed by atoms with E-state index in [9.17, 15) is 14.7 Å². The molecule has 1 aliphatic heterocycles. The summed E-state index contributed by atoms with van der Waals surface area (Å²) in [6.45, 7) is 0.145. The first-order valence-electron chi connectivity index (χ1n) is 6.67. The van der Waals surface area contributed by atoms with Gasteiger partial charge in [0.2, 0.25) is 0 Å². The molecule has 6 heteroatoms. The lowest BCUT2D eigenvalue weighted by atomic mass is 10.1. The highest BCUT2D eigenvalue weighted by Gasteiger charge is 2.35. The average molecular weight is 310 g/mol. The van der Waals surface area contributed by atoms with Gasteiger partial charge >= 0.3 is 0 Å². The van der Waals surface area contributed by atoms with Crippen LogP contribution in [0.2, 0.25) is 0 Å². The van der Waals surface area contributed by atoms with Gasteiger partial charge < -0.3 is 5.11 Å². The highest BCUT2D eigenvalue weighted by atomic mass is 32.1. The van der Waals surface area contributed by atoms with E-state index in [0.29, 0.717) is 21.7 Å². The number of carbonyl (C=O) groups excluding carboxylic acids is 2. The van der Waals surface area contributed by atoms with Crippen LogP contribution >= 0.6 is 11.3 Å². The molecule has 22 heavy (non-hydrogen) atoms. The van der Waals surface area contributed by atoms with Crippen LogP contribution < -0.4 is 0 Å². The van der Waals surface area contributed by atoms with Crippen molar-refractivity contribution in [2.45, 2.75) is 6.54 Å². The molecule has 3 aromatic rings. The summed E-state index contributed by atoms with van der Waals surface area (Å²) in [6.07, 6.45) is 0. The van der Waals surface area contributed by atoms with Crippen molar-refractivity contribution in [3.05, 3.63) is 58.6 Å². The van der Waals surface area contributed by atoms with E-state index in [-0.39, 0.29) is 24.1 Å². The summed E-state index contributed by atoms with van der Waals surface area (Å²) in [5.74, 6) is -0.435. The number of carbonyl (C=O) groups is 2. The van der Waals surface area contributed by atoms with E-state index in [0.717, 1.165) is 4.70 Å². The van der Waals surface area contributed by atoms with E-state index in [1.54, 1.807) is 42.5 Å². The monoisotopic (exact) mass is 310 g/mol. The Balaban J connectivity index is 1.69. The van der Waals surface area contributed by atoms with Crippen LogP contribution in [-0.2, 0) is 6.54 Å². The molecule has 0 saturated heterocycles. The highest BCUT2D eigenvalue weighted by molar-refractivity contribution is 7.18. The number of amides is 2. The van der Waals surface area contributed by atoms with Gasteiger partial charge in [0, 0.05) is 6.07 Å². The second-order valence-corrected chi connectivity index (χ2v) is 6.12. The predicted molar refractivity (Wildman–Crippen MR) is 81.9 cm³/mol. The van der Waals surface area contributed by atoms with E-state index >= 15 is 0 Å². The molecule has 0 spiro atoms. The van der Waals surface area contributed by atoms with Gasteiger partial charge in [0.05, 0.1) is 27.9 Å². The third-order valence-corrected chi connectivity index (χ3v) is 4.61. The number of rotatable bonds is 2. The molecule has 2 heterocycles. The number of aromatic nitrogens is 1. The van der Waals surface area contributed by atoms with Crippen LogP contribution in [0.3, 0.4) is 0 Å². The van der Waals surface area contributed by atoms with Crippen molar-refractivity contribution in [1.29, 1.82) is 0 Å². The van der Waals surface area contributed by atoms with E-state index < -0.39 is 0 Å². The van der Waals surface area contributed by atoms with Crippen LogP contribution in [0.4, 0.5) is 0 Å². The summed E-state index contributed by atoms with van der Waals surface area (Å²) >= 11 is 1.41. The number of hydrogen-bond acceptors (Lipinski definition) is 5. The molecule has 0 unspecified atom stereocenters. The zero-order valence-electron chi connectivity index (χ0n) is 11.3. The van der Waals surface area contributed by atoms with Crippen molar-refractivity contribution >= 4 is 33.4 Å². The number of nitrogens with zero attached hydrogens (tertiary/aromatic N) is 2. The van der Waals surface area contributed by atoms with E-state index in [2.05, 4.69) is 4.98 Å². The molecular weight excluding hydrogens is 300 g/mol. The quantitative estimate of drug-likeness (QED) is 0.739. The lowest BCUT2D eigenvalue weighted by Gasteiger charge is -2.11. The average Bonchev–Trinajstić information content (AvgIpc) is 3.02.